The number of fused-ring (bicyclic) bond motifs is 2. The second-order valence-corrected chi connectivity index (χ2v) is 8.70. The van der Waals surface area contributed by atoms with Gasteiger partial charge in [-0.05, 0) is 44.9 Å². The van der Waals surface area contributed by atoms with Gasteiger partial charge >= 0.3 is 0 Å². The molecule has 0 unspecified atom stereocenters. The number of aryl methyl sites for hydroxylation is 2. The molecule has 4 aromatic rings. The fourth-order valence-electron chi connectivity index (χ4n) is 4.96. The molecule has 9 nitrogen and oxygen atoms in total. The SMILES string of the molecule is CCn1c(C)nc2ccc(-c3ccn4nc(N[C@H]5C[C@@H](N6CCOCC6)C5)ncc34)nc21. The third-order valence-electron chi connectivity index (χ3n) is 6.80. The first-order chi connectivity index (χ1) is 15.7. The maximum Gasteiger partial charge on any atom is 0.241 e. The molecule has 0 radical (unpaired) electrons. The fraction of sp³-hybridized carbons (Fsp3) is 0.478. The number of anilines is 1. The van der Waals surface area contributed by atoms with Crippen molar-refractivity contribution >= 4 is 22.6 Å². The molecule has 1 saturated heterocycles. The van der Waals surface area contributed by atoms with E-state index < -0.39 is 0 Å². The maximum atomic E-state index is 5.46. The van der Waals surface area contributed by atoms with Crippen LogP contribution in [0.4, 0.5) is 5.95 Å². The third kappa shape index (κ3) is 3.32. The summed E-state index contributed by atoms with van der Waals surface area (Å²) in [6.45, 7) is 8.78. The van der Waals surface area contributed by atoms with Crippen molar-refractivity contribution in [2.45, 2.75) is 45.3 Å². The van der Waals surface area contributed by atoms with E-state index >= 15 is 0 Å². The highest BCUT2D eigenvalue weighted by Crippen LogP contribution is 2.29. The molecule has 1 saturated carbocycles. The molecule has 4 aromatic heterocycles. The van der Waals surface area contributed by atoms with E-state index in [0.717, 1.165) is 79.5 Å². The lowest BCUT2D eigenvalue weighted by Crippen LogP contribution is -2.53. The Kier molecular flexibility index (Phi) is 4.80. The highest BCUT2D eigenvalue weighted by Gasteiger charge is 2.34. The summed E-state index contributed by atoms with van der Waals surface area (Å²) in [4.78, 5) is 16.7. The number of hydrogen-bond donors (Lipinski definition) is 1. The van der Waals surface area contributed by atoms with Crippen LogP contribution in [0.3, 0.4) is 0 Å². The zero-order valence-corrected chi connectivity index (χ0v) is 18.5. The van der Waals surface area contributed by atoms with E-state index in [-0.39, 0.29) is 0 Å². The van der Waals surface area contributed by atoms with E-state index in [4.69, 9.17) is 14.8 Å². The average Bonchev–Trinajstić information content (AvgIpc) is 3.35. The highest BCUT2D eigenvalue weighted by atomic mass is 16.5. The van der Waals surface area contributed by atoms with Crippen molar-refractivity contribution in [1.82, 2.24) is 34.0 Å². The third-order valence-corrected chi connectivity index (χ3v) is 6.80. The molecule has 166 valence electrons. The Hall–Kier alpha value is -3.04. The lowest BCUT2D eigenvalue weighted by atomic mass is 9.85. The summed E-state index contributed by atoms with van der Waals surface area (Å²) >= 11 is 0. The van der Waals surface area contributed by atoms with Crippen molar-refractivity contribution in [2.75, 3.05) is 31.6 Å². The summed E-state index contributed by atoms with van der Waals surface area (Å²) < 4.78 is 9.48. The van der Waals surface area contributed by atoms with Gasteiger partial charge in [0.05, 0.1) is 30.6 Å². The van der Waals surface area contributed by atoms with Gasteiger partial charge in [-0.1, -0.05) is 0 Å². The van der Waals surface area contributed by atoms with E-state index in [2.05, 4.69) is 37.7 Å². The van der Waals surface area contributed by atoms with Gasteiger partial charge in [0.25, 0.3) is 0 Å². The molecule has 1 N–H and O–H groups in total. The second kappa shape index (κ2) is 7.83. The van der Waals surface area contributed by atoms with Gasteiger partial charge in [0.15, 0.2) is 5.65 Å². The predicted octanol–water partition coefficient (Wildman–Crippen LogP) is 2.74. The van der Waals surface area contributed by atoms with Crippen LogP contribution in [0, 0.1) is 6.92 Å². The van der Waals surface area contributed by atoms with Gasteiger partial charge in [-0.2, -0.15) is 0 Å². The lowest BCUT2D eigenvalue weighted by Gasteiger charge is -2.44. The molecule has 6 rings (SSSR count). The fourth-order valence-corrected chi connectivity index (χ4v) is 4.96. The molecule has 5 heterocycles. The highest BCUT2D eigenvalue weighted by molar-refractivity contribution is 5.82. The largest absolute Gasteiger partial charge is 0.379 e. The molecule has 1 aliphatic carbocycles. The predicted molar refractivity (Wildman–Crippen MR) is 123 cm³/mol. The number of nitrogens with zero attached hydrogens (tertiary/aromatic N) is 7. The number of hydrogen-bond acceptors (Lipinski definition) is 7. The first-order valence-electron chi connectivity index (χ1n) is 11.5. The van der Waals surface area contributed by atoms with Crippen LogP contribution in [0.5, 0.6) is 0 Å². The Bertz CT molecular complexity index is 1270. The summed E-state index contributed by atoms with van der Waals surface area (Å²) in [5.41, 5.74) is 4.72. The Balaban J connectivity index is 1.20. The Labute approximate surface area is 186 Å². The van der Waals surface area contributed by atoms with Gasteiger partial charge in [-0.25, -0.2) is 19.5 Å². The smallest absolute Gasteiger partial charge is 0.241 e. The minimum absolute atomic E-state index is 0.428. The molecule has 32 heavy (non-hydrogen) atoms. The molecule has 2 aliphatic rings. The molecular weight excluding hydrogens is 404 g/mol. The van der Waals surface area contributed by atoms with Gasteiger partial charge in [0.2, 0.25) is 5.95 Å². The minimum atomic E-state index is 0.428. The Morgan fingerprint density at radius 1 is 1.12 bits per heavy atom. The van der Waals surface area contributed by atoms with E-state index in [0.29, 0.717) is 18.0 Å². The van der Waals surface area contributed by atoms with Crippen LogP contribution >= 0.6 is 0 Å². The number of morpholine rings is 1. The molecular formula is C23H28N8O. The normalized spacial score (nSPS) is 21.8. The number of imidazole rings is 1. The van der Waals surface area contributed by atoms with Crippen LogP contribution in [-0.2, 0) is 11.3 Å². The topological polar surface area (TPSA) is 85.4 Å². The molecule has 2 fully saturated rings. The second-order valence-electron chi connectivity index (χ2n) is 8.70. The van der Waals surface area contributed by atoms with E-state index in [1.54, 1.807) is 0 Å². The Morgan fingerprint density at radius 2 is 1.97 bits per heavy atom. The summed E-state index contributed by atoms with van der Waals surface area (Å²) in [6.07, 6.45) is 6.12. The summed E-state index contributed by atoms with van der Waals surface area (Å²) in [6, 6.07) is 7.20. The zero-order chi connectivity index (χ0) is 21.7. The van der Waals surface area contributed by atoms with Crippen molar-refractivity contribution in [1.29, 1.82) is 0 Å². The van der Waals surface area contributed by atoms with Crippen LogP contribution < -0.4 is 5.32 Å². The van der Waals surface area contributed by atoms with Crippen molar-refractivity contribution in [3.05, 3.63) is 36.4 Å². The van der Waals surface area contributed by atoms with Crippen molar-refractivity contribution < 1.29 is 4.74 Å². The number of pyridine rings is 1. The minimum Gasteiger partial charge on any atom is -0.379 e. The summed E-state index contributed by atoms with van der Waals surface area (Å²) in [7, 11) is 0. The molecule has 1 aliphatic heterocycles. The number of aromatic nitrogens is 6. The quantitative estimate of drug-likeness (QED) is 0.519. The zero-order valence-electron chi connectivity index (χ0n) is 18.5. The van der Waals surface area contributed by atoms with E-state index in [1.807, 2.05) is 36.0 Å². The van der Waals surface area contributed by atoms with Gasteiger partial charge in [0.1, 0.15) is 11.3 Å². The standard InChI is InChI=1S/C23H28N8O/c1-3-30-15(2)25-20-5-4-19(27-22(20)30)18-6-7-31-21(18)14-24-23(28-31)26-16-12-17(13-16)29-8-10-32-11-9-29/h4-7,14,16-17H,3,8-13H2,1-2H3,(H,26,28)/t16-,17+. The molecule has 0 aromatic carbocycles. The van der Waals surface area contributed by atoms with Crippen molar-refractivity contribution in [3.63, 3.8) is 0 Å². The van der Waals surface area contributed by atoms with Gasteiger partial charge < -0.3 is 14.6 Å². The van der Waals surface area contributed by atoms with Gasteiger partial charge in [0, 0.05) is 43.5 Å². The number of nitrogens with one attached hydrogen (secondary N) is 1. The lowest BCUT2D eigenvalue weighted by molar-refractivity contribution is -0.00443. The summed E-state index contributed by atoms with van der Waals surface area (Å²) in [5.74, 6) is 1.66. The van der Waals surface area contributed by atoms with Crippen LogP contribution in [-0.4, -0.2) is 72.4 Å². The van der Waals surface area contributed by atoms with E-state index in [9.17, 15) is 0 Å². The molecule has 0 atom stereocenters. The van der Waals surface area contributed by atoms with Gasteiger partial charge in [-0.15, -0.1) is 5.10 Å². The molecule has 0 spiro atoms. The van der Waals surface area contributed by atoms with E-state index in [1.165, 1.54) is 0 Å². The maximum absolute atomic E-state index is 5.46. The molecule has 0 bridgehead atoms. The number of rotatable bonds is 5. The number of ether oxygens (including phenoxy) is 1. The van der Waals surface area contributed by atoms with Gasteiger partial charge in [-0.3, -0.25) is 4.90 Å². The van der Waals surface area contributed by atoms with Crippen LogP contribution in [0.1, 0.15) is 25.6 Å². The van der Waals surface area contributed by atoms with Crippen LogP contribution in [0.2, 0.25) is 0 Å². The average molecular weight is 433 g/mol. The van der Waals surface area contributed by atoms with Crippen molar-refractivity contribution in [2.24, 2.45) is 0 Å². The monoisotopic (exact) mass is 432 g/mol. The van der Waals surface area contributed by atoms with Crippen LogP contribution in [0.15, 0.2) is 30.6 Å². The Morgan fingerprint density at radius 3 is 2.78 bits per heavy atom. The van der Waals surface area contributed by atoms with Crippen LogP contribution in [0.25, 0.3) is 27.9 Å². The molecule has 9 heteroatoms. The summed E-state index contributed by atoms with van der Waals surface area (Å²) in [5, 5.41) is 8.20. The van der Waals surface area contributed by atoms with Crippen molar-refractivity contribution in [3.8, 4) is 11.3 Å². The first-order valence-corrected chi connectivity index (χ1v) is 11.5. The molecule has 0 amide bonds. The first kappa shape index (κ1) is 19.6.